The van der Waals surface area contributed by atoms with E-state index in [-0.39, 0.29) is 0 Å². The Hall–Kier alpha value is -19.3. The summed E-state index contributed by atoms with van der Waals surface area (Å²) in [5, 5.41) is 41.8. The third-order valence-electron chi connectivity index (χ3n) is 25.1. The molecule has 15 aromatic carbocycles. The summed E-state index contributed by atoms with van der Waals surface area (Å²) in [6, 6.07) is 157. The molecule has 642 valence electrons. The van der Waals surface area contributed by atoms with E-state index >= 15 is 0 Å². The minimum atomic E-state index is 0.645. The van der Waals surface area contributed by atoms with Crippen molar-refractivity contribution in [2.45, 2.75) is 0 Å². The molecule has 0 aliphatic carbocycles. The fraction of sp³-hybridized carbons (Fsp3) is 0. The van der Waals surface area contributed by atoms with Gasteiger partial charge in [0.05, 0.1) is 103 Å². The normalized spacial score (nSPS) is 11.0. The number of benzene rings is 15. The summed E-state index contributed by atoms with van der Waals surface area (Å²) in [5.74, 6) is 0. The number of rotatable bonds is 15. The quantitative estimate of drug-likeness (QED) is 0.0946. The lowest BCUT2D eigenvalue weighted by Gasteiger charge is -2.17. The van der Waals surface area contributed by atoms with Crippen molar-refractivity contribution in [1.29, 1.82) is 15.8 Å². The molecular formula is C126H78N12. The van der Waals surface area contributed by atoms with Crippen molar-refractivity contribution in [1.82, 2.24) is 44.9 Å². The largest absolute Gasteiger partial charge is 0.255 e. The van der Waals surface area contributed by atoms with Crippen LogP contribution in [-0.2, 0) is 0 Å². The van der Waals surface area contributed by atoms with E-state index in [1.54, 1.807) is 37.2 Å². The van der Waals surface area contributed by atoms with Crippen LogP contribution in [0, 0.1) is 34.0 Å². The number of nitrogens with zero attached hydrogens (tertiary/aromatic N) is 12. The summed E-state index contributed by atoms with van der Waals surface area (Å²) in [6.45, 7) is 0. The van der Waals surface area contributed by atoms with Crippen molar-refractivity contribution < 1.29 is 0 Å². The first-order chi connectivity index (χ1) is 68.2. The van der Waals surface area contributed by atoms with Crippen LogP contribution in [0.15, 0.2) is 474 Å². The average Bonchev–Trinajstić information content (AvgIpc) is 0.774. The summed E-state index contributed by atoms with van der Waals surface area (Å²) in [5.41, 5.74) is 31.4. The molecule has 0 unspecified atom stereocenters. The topological polar surface area (TPSA) is 187 Å². The molecule has 0 spiro atoms. The predicted octanol–water partition coefficient (Wildman–Crippen LogP) is 31.2. The first-order valence-corrected chi connectivity index (χ1v) is 45.4. The van der Waals surface area contributed by atoms with Crippen LogP contribution >= 0.6 is 0 Å². The van der Waals surface area contributed by atoms with Gasteiger partial charge >= 0.3 is 0 Å². The highest BCUT2D eigenvalue weighted by Gasteiger charge is 2.23. The Morgan fingerprint density at radius 3 is 0.710 bits per heavy atom. The molecule has 0 N–H and O–H groups in total. The number of hydrogen-bond acceptors (Lipinski definition) is 12. The van der Waals surface area contributed by atoms with Crippen molar-refractivity contribution in [2.24, 2.45) is 0 Å². The van der Waals surface area contributed by atoms with Gasteiger partial charge in [0.15, 0.2) is 0 Å². The molecule has 0 radical (unpaired) electrons. The SMILES string of the molecule is N#Cc1ccc(-c2cc(-c3cc4ccccc4cc3-c3cc(-c4ccccn4)nc(-c4ccccn4)c3)cc3ccccc23)cc1.N#Cc1ccc(-c2ccc3cc(-c4cc5ccccc5cc4-c4cc(-c5ccccn5)nc(-c5ccccn5)c4)ccc3c2)cc1.N#Cc1ccc(-c2cccc3cc(-c4cc5ccccc5cc4-c4cc(-c5ccccn5)nc(-c5ccccn5)c4)ccc23)cc1. The van der Waals surface area contributed by atoms with Crippen LogP contribution in [0.3, 0.4) is 0 Å². The summed E-state index contributed by atoms with van der Waals surface area (Å²) in [4.78, 5) is 42.8. The number of hydrogen-bond donors (Lipinski definition) is 0. The molecule has 24 rings (SSSR count). The third kappa shape index (κ3) is 17.6. The van der Waals surface area contributed by atoms with Gasteiger partial charge in [0.1, 0.15) is 0 Å². The molecular weight excluding hydrogens is 1680 g/mol. The van der Waals surface area contributed by atoms with Gasteiger partial charge in [-0.1, -0.05) is 224 Å². The maximum absolute atomic E-state index is 9.41. The highest BCUT2D eigenvalue weighted by Crippen LogP contribution is 2.46. The Kier molecular flexibility index (Phi) is 23.1. The van der Waals surface area contributed by atoms with Gasteiger partial charge in [-0.05, 0) is 377 Å². The molecule has 9 aromatic heterocycles. The van der Waals surface area contributed by atoms with Crippen LogP contribution in [0.25, 0.3) is 233 Å². The molecule has 12 heteroatoms. The fourth-order valence-electron chi connectivity index (χ4n) is 18.3. The number of fused-ring (bicyclic) bond motifs is 6. The molecule has 0 bridgehead atoms. The molecule has 0 saturated heterocycles. The van der Waals surface area contributed by atoms with Gasteiger partial charge in [0, 0.05) is 37.2 Å². The van der Waals surface area contributed by atoms with E-state index in [1.165, 1.54) is 26.9 Å². The molecule has 9 heterocycles. The Labute approximate surface area is 797 Å². The van der Waals surface area contributed by atoms with Crippen molar-refractivity contribution in [3.8, 4) is 187 Å². The van der Waals surface area contributed by atoms with Gasteiger partial charge in [-0.15, -0.1) is 0 Å². The number of pyridine rings is 9. The summed E-state index contributed by atoms with van der Waals surface area (Å²) >= 11 is 0. The van der Waals surface area contributed by atoms with E-state index in [9.17, 15) is 15.8 Å². The van der Waals surface area contributed by atoms with Crippen molar-refractivity contribution >= 4 is 64.6 Å². The molecule has 0 saturated carbocycles. The second kappa shape index (κ2) is 37.9. The van der Waals surface area contributed by atoms with E-state index in [4.69, 9.17) is 15.0 Å². The van der Waals surface area contributed by atoms with Crippen LogP contribution in [0.2, 0.25) is 0 Å². The van der Waals surface area contributed by atoms with Gasteiger partial charge < -0.3 is 0 Å². The molecule has 138 heavy (non-hydrogen) atoms. The highest BCUT2D eigenvalue weighted by atomic mass is 14.8. The van der Waals surface area contributed by atoms with Gasteiger partial charge in [-0.25, -0.2) is 15.0 Å². The zero-order chi connectivity index (χ0) is 92.6. The van der Waals surface area contributed by atoms with Crippen LogP contribution in [0.5, 0.6) is 0 Å². The summed E-state index contributed by atoms with van der Waals surface area (Å²) in [6.07, 6.45) is 10.8. The van der Waals surface area contributed by atoms with Crippen molar-refractivity contribution in [2.75, 3.05) is 0 Å². The maximum Gasteiger partial charge on any atom is 0.0991 e. The zero-order valence-electron chi connectivity index (χ0n) is 74.4. The predicted molar refractivity (Wildman–Crippen MR) is 560 cm³/mol. The Morgan fingerprint density at radius 1 is 0.138 bits per heavy atom. The first kappa shape index (κ1) is 84.2. The molecule has 0 aliphatic heterocycles. The smallest absolute Gasteiger partial charge is 0.0991 e. The number of aromatic nitrogens is 9. The van der Waals surface area contributed by atoms with E-state index in [2.05, 4.69) is 303 Å². The second-order valence-electron chi connectivity index (χ2n) is 33.7. The average molecular weight is 1760 g/mol. The van der Waals surface area contributed by atoms with E-state index in [1.807, 2.05) is 182 Å². The minimum Gasteiger partial charge on any atom is -0.255 e. The highest BCUT2D eigenvalue weighted by molar-refractivity contribution is 6.07. The van der Waals surface area contributed by atoms with Gasteiger partial charge in [0.25, 0.3) is 0 Å². The Bertz CT molecular complexity index is 8690. The van der Waals surface area contributed by atoms with Gasteiger partial charge in [0.2, 0.25) is 0 Å². The van der Waals surface area contributed by atoms with Crippen LogP contribution < -0.4 is 0 Å². The second-order valence-corrected chi connectivity index (χ2v) is 33.7. The van der Waals surface area contributed by atoms with Crippen LogP contribution in [0.1, 0.15) is 16.7 Å². The van der Waals surface area contributed by atoms with Gasteiger partial charge in [-0.3, -0.25) is 29.9 Å². The summed E-state index contributed by atoms with van der Waals surface area (Å²) in [7, 11) is 0. The van der Waals surface area contributed by atoms with E-state index < -0.39 is 0 Å². The molecule has 0 fully saturated rings. The van der Waals surface area contributed by atoms with Crippen molar-refractivity contribution in [3.63, 3.8) is 0 Å². The minimum absolute atomic E-state index is 0.645. The maximum atomic E-state index is 9.41. The van der Waals surface area contributed by atoms with Gasteiger partial charge in [-0.2, -0.15) is 15.8 Å². The summed E-state index contributed by atoms with van der Waals surface area (Å²) < 4.78 is 0. The molecule has 0 amide bonds. The molecule has 24 aromatic rings. The number of nitriles is 3. The van der Waals surface area contributed by atoms with E-state index in [0.717, 1.165) is 206 Å². The van der Waals surface area contributed by atoms with Crippen LogP contribution in [0.4, 0.5) is 0 Å². The zero-order valence-corrected chi connectivity index (χ0v) is 74.4. The molecule has 0 aliphatic rings. The van der Waals surface area contributed by atoms with Crippen LogP contribution in [-0.4, -0.2) is 44.9 Å². The lowest BCUT2D eigenvalue weighted by molar-refractivity contribution is 1.22. The monoisotopic (exact) mass is 1760 g/mol. The molecule has 0 atom stereocenters. The fourth-order valence-corrected chi connectivity index (χ4v) is 18.3. The lowest BCUT2D eigenvalue weighted by atomic mass is 9.87. The standard InChI is InChI=1S/3C42H26N4/c43-27-28-14-16-29(17-15-28)35-11-7-10-32-22-33(18-19-36(32)35)37-23-30-8-1-2-9-31(30)24-38(37)34-25-41(39-12-3-5-20-44-39)46-42(26-34)40-13-4-6-21-45-40;43-27-28-11-13-29(14-12-28)32-15-16-34-22-35(18-17-33(34)21-32)37-23-30-7-1-2-8-31(30)24-38(37)36-25-41(39-9-3-5-19-44-39)46-42(26-36)40-10-4-6-20-45-40;43-27-28-15-17-29(18-16-28)36-24-33(21-32-11-3-4-12-35(32)36)37-22-30-9-1-2-10-31(30)23-38(37)34-25-41(39-13-5-7-19-44-39)46-42(26-34)40-14-6-8-20-45-40/h3*1-26H. The first-order valence-electron chi connectivity index (χ1n) is 45.4. The third-order valence-corrected chi connectivity index (χ3v) is 25.1. The lowest BCUT2D eigenvalue weighted by Crippen LogP contribution is -1.95. The Balaban J connectivity index is 0.000000119. The molecule has 12 nitrogen and oxygen atoms in total. The van der Waals surface area contributed by atoms with Crippen molar-refractivity contribution in [3.05, 3.63) is 491 Å². The Morgan fingerprint density at radius 2 is 0.377 bits per heavy atom. The van der Waals surface area contributed by atoms with E-state index in [0.29, 0.717) is 16.7 Å².